The van der Waals surface area contributed by atoms with Crippen LogP contribution in [0.15, 0.2) is 66.4 Å². The average molecular weight is 588 g/mol. The van der Waals surface area contributed by atoms with E-state index in [0.29, 0.717) is 6.54 Å². The minimum absolute atomic E-state index is 0.314. The van der Waals surface area contributed by atoms with E-state index in [0.717, 1.165) is 106 Å². The predicted molar refractivity (Wildman–Crippen MR) is 168 cm³/mol. The number of amides is 1. The normalized spacial score (nSPS) is 15.1. The van der Waals surface area contributed by atoms with Crippen LogP contribution in [0, 0.1) is 0 Å². The molecule has 222 valence electrons. The fraction of sp³-hybridized carbons (Fsp3) is 0.429. The van der Waals surface area contributed by atoms with Crippen molar-refractivity contribution in [1.82, 2.24) is 14.9 Å². The topological polar surface area (TPSA) is 65.9 Å². The van der Waals surface area contributed by atoms with Gasteiger partial charge in [0.15, 0.2) is 0 Å². The first-order valence-corrected chi connectivity index (χ1v) is 15.7. The molecule has 1 aliphatic heterocycles. The predicted octanol–water partition coefficient (Wildman–Crippen LogP) is 7.15. The minimum atomic E-state index is -0.314. The van der Waals surface area contributed by atoms with E-state index in [1.54, 1.807) is 0 Å². The van der Waals surface area contributed by atoms with Crippen molar-refractivity contribution in [3.8, 4) is 5.75 Å². The molecule has 0 atom stereocenters. The van der Waals surface area contributed by atoms with Gasteiger partial charge in [-0.25, -0.2) is 5.06 Å². The molecule has 7 heteroatoms. The summed E-state index contributed by atoms with van der Waals surface area (Å²) < 4.78 is 6.00. The van der Waals surface area contributed by atoms with Gasteiger partial charge >= 0.3 is 0 Å². The van der Waals surface area contributed by atoms with Gasteiger partial charge < -0.3 is 9.64 Å². The third-order valence-corrected chi connectivity index (χ3v) is 8.69. The number of ether oxygens (including phenoxy) is 1. The summed E-state index contributed by atoms with van der Waals surface area (Å²) in [5, 5.41) is 11.0. The summed E-state index contributed by atoms with van der Waals surface area (Å²) >= 11 is 6.38. The van der Waals surface area contributed by atoms with Crippen molar-refractivity contribution in [3.05, 3.63) is 99.3 Å². The van der Waals surface area contributed by atoms with Gasteiger partial charge in [0.1, 0.15) is 5.75 Å². The summed E-state index contributed by atoms with van der Waals surface area (Å²) in [6.45, 7) is 5.73. The molecule has 1 saturated heterocycles. The van der Waals surface area contributed by atoms with Crippen molar-refractivity contribution in [3.63, 3.8) is 0 Å². The number of hydroxylamine groups is 2. The molecule has 0 unspecified atom stereocenters. The van der Waals surface area contributed by atoms with Crippen molar-refractivity contribution in [2.24, 2.45) is 0 Å². The van der Waals surface area contributed by atoms with Gasteiger partial charge in [0, 0.05) is 43.4 Å². The molecule has 1 N–H and O–H groups in total. The van der Waals surface area contributed by atoms with Crippen LogP contribution < -0.4 is 4.74 Å². The van der Waals surface area contributed by atoms with E-state index in [-0.39, 0.29) is 5.91 Å². The van der Waals surface area contributed by atoms with E-state index >= 15 is 0 Å². The molecule has 2 heterocycles. The molecule has 3 aromatic rings. The second-order valence-corrected chi connectivity index (χ2v) is 11.9. The number of aryl methyl sites for hydroxylation is 3. The molecular weight excluding hydrogens is 546 g/mol. The van der Waals surface area contributed by atoms with Crippen molar-refractivity contribution in [1.29, 1.82) is 0 Å². The number of fused-ring (bicyclic) bond motifs is 2. The summed E-state index contributed by atoms with van der Waals surface area (Å²) in [4.78, 5) is 18.5. The molecule has 0 spiro atoms. The Morgan fingerprint density at radius 2 is 1.76 bits per heavy atom. The zero-order valence-electron chi connectivity index (χ0n) is 24.7. The lowest BCUT2D eigenvalue weighted by Crippen LogP contribution is -2.32. The highest BCUT2D eigenvalue weighted by Crippen LogP contribution is 2.38. The van der Waals surface area contributed by atoms with Crippen LogP contribution in [-0.4, -0.2) is 58.8 Å². The van der Waals surface area contributed by atoms with Crippen LogP contribution in [0.3, 0.4) is 0 Å². The number of halogens is 1. The number of unbranched alkanes of at least 4 members (excludes halogenated alkanes) is 2. The fourth-order valence-electron chi connectivity index (χ4n) is 6.06. The highest BCUT2D eigenvalue weighted by molar-refractivity contribution is 6.30. The maximum absolute atomic E-state index is 11.1. The Labute approximate surface area is 254 Å². The molecule has 5 rings (SSSR count). The molecule has 2 aromatic carbocycles. The molecule has 1 fully saturated rings. The number of carbonyl (C=O) groups is 1. The second-order valence-electron chi connectivity index (χ2n) is 11.4. The fourth-order valence-corrected chi connectivity index (χ4v) is 6.25. The summed E-state index contributed by atoms with van der Waals surface area (Å²) in [6, 6.07) is 18.9. The van der Waals surface area contributed by atoms with Gasteiger partial charge in [0.25, 0.3) is 0 Å². The average Bonchev–Trinajstić information content (AvgIpc) is 3.16. The summed E-state index contributed by atoms with van der Waals surface area (Å²) in [5.41, 5.74) is 9.26. The molecule has 0 bridgehead atoms. The second kappa shape index (κ2) is 14.8. The Bertz CT molecular complexity index is 1380. The van der Waals surface area contributed by atoms with Crippen LogP contribution in [0.5, 0.6) is 5.75 Å². The Balaban J connectivity index is 1.06. The molecule has 0 radical (unpaired) electrons. The molecule has 1 amide bonds. The number of hydrogen-bond acceptors (Lipinski definition) is 5. The lowest BCUT2D eigenvalue weighted by atomic mass is 9.88. The van der Waals surface area contributed by atoms with E-state index in [1.165, 1.54) is 40.3 Å². The van der Waals surface area contributed by atoms with Crippen LogP contribution >= 0.6 is 11.6 Å². The third kappa shape index (κ3) is 8.00. The highest BCUT2D eigenvalue weighted by Gasteiger charge is 2.25. The molecular formula is C35H42ClN3O3. The standard InChI is InChI=1S/C35H42ClN3O3/c1-26(40)39(41)21-3-2-7-27-9-14-32(15-10-27)42-24-5-4-20-38-22-17-28(18-23-38)34-33-16-13-31(36)25-30(33)12-11-29-8-6-19-37-35(29)34/h6,8-10,13-16,19,25,41H,2-5,7,11-12,17-18,20-24H2,1H3. The van der Waals surface area contributed by atoms with Gasteiger partial charge in [-0.1, -0.05) is 41.4 Å². The Morgan fingerprint density at radius 1 is 0.976 bits per heavy atom. The van der Waals surface area contributed by atoms with E-state index in [2.05, 4.69) is 41.3 Å². The number of nitrogens with zero attached hydrogens (tertiary/aromatic N) is 3. The molecule has 1 aromatic heterocycles. The summed E-state index contributed by atoms with van der Waals surface area (Å²) in [6.07, 6.45) is 10.8. The first-order chi connectivity index (χ1) is 20.5. The van der Waals surface area contributed by atoms with Gasteiger partial charge in [-0.05, 0) is 117 Å². The van der Waals surface area contributed by atoms with Crippen LogP contribution in [0.25, 0.3) is 5.57 Å². The maximum Gasteiger partial charge on any atom is 0.242 e. The largest absolute Gasteiger partial charge is 0.494 e. The number of benzene rings is 2. The smallest absolute Gasteiger partial charge is 0.242 e. The number of rotatable bonds is 11. The molecule has 2 aliphatic rings. The molecule has 1 aliphatic carbocycles. The van der Waals surface area contributed by atoms with Crippen LogP contribution in [0.1, 0.15) is 73.4 Å². The third-order valence-electron chi connectivity index (χ3n) is 8.45. The van der Waals surface area contributed by atoms with E-state index in [1.807, 2.05) is 24.4 Å². The molecule has 6 nitrogen and oxygen atoms in total. The minimum Gasteiger partial charge on any atom is -0.494 e. The van der Waals surface area contributed by atoms with Crippen LogP contribution in [0.4, 0.5) is 0 Å². The van der Waals surface area contributed by atoms with Crippen molar-refractivity contribution in [2.45, 2.75) is 64.7 Å². The van der Waals surface area contributed by atoms with Gasteiger partial charge in [-0.3, -0.25) is 15.0 Å². The number of piperidine rings is 1. The van der Waals surface area contributed by atoms with E-state index in [9.17, 15) is 10.0 Å². The van der Waals surface area contributed by atoms with Gasteiger partial charge in [0.2, 0.25) is 5.91 Å². The van der Waals surface area contributed by atoms with E-state index in [4.69, 9.17) is 21.3 Å². The zero-order chi connectivity index (χ0) is 29.3. The maximum atomic E-state index is 11.1. The van der Waals surface area contributed by atoms with E-state index < -0.39 is 0 Å². The van der Waals surface area contributed by atoms with Gasteiger partial charge in [-0.15, -0.1) is 0 Å². The Kier molecular flexibility index (Phi) is 10.7. The summed E-state index contributed by atoms with van der Waals surface area (Å²) in [7, 11) is 0. The number of carbonyl (C=O) groups excluding carboxylic acids is 1. The Morgan fingerprint density at radius 3 is 2.55 bits per heavy atom. The first-order valence-electron chi connectivity index (χ1n) is 15.3. The lowest BCUT2D eigenvalue weighted by molar-refractivity contribution is -0.162. The SMILES string of the molecule is CC(=O)N(O)CCCCc1ccc(OCCCCN2CCC(=C3c4ccc(Cl)cc4CCc4cccnc43)CC2)cc1. The van der Waals surface area contributed by atoms with Gasteiger partial charge in [-0.2, -0.15) is 0 Å². The van der Waals surface area contributed by atoms with Crippen molar-refractivity contribution in [2.75, 3.05) is 32.8 Å². The van der Waals surface area contributed by atoms with Crippen LogP contribution in [-0.2, 0) is 24.1 Å². The lowest BCUT2D eigenvalue weighted by Gasteiger charge is -2.30. The van der Waals surface area contributed by atoms with Gasteiger partial charge in [0.05, 0.1) is 12.3 Å². The quantitative estimate of drug-likeness (QED) is 0.147. The number of pyridine rings is 1. The first kappa shape index (κ1) is 30.3. The highest BCUT2D eigenvalue weighted by atomic mass is 35.5. The monoisotopic (exact) mass is 587 g/mol. The van der Waals surface area contributed by atoms with Crippen molar-refractivity contribution < 1.29 is 14.7 Å². The number of aromatic nitrogens is 1. The van der Waals surface area contributed by atoms with Crippen molar-refractivity contribution >= 4 is 23.1 Å². The summed E-state index contributed by atoms with van der Waals surface area (Å²) in [5.74, 6) is 0.594. The van der Waals surface area contributed by atoms with Crippen LogP contribution in [0.2, 0.25) is 5.02 Å². The molecule has 42 heavy (non-hydrogen) atoms. The molecule has 0 saturated carbocycles. The zero-order valence-corrected chi connectivity index (χ0v) is 25.4. The number of hydrogen-bond donors (Lipinski definition) is 1. The Hall–Kier alpha value is -3.19. The number of likely N-dealkylation sites (tertiary alicyclic amines) is 1.